The maximum Gasteiger partial charge on any atom is 0.329 e. The van der Waals surface area contributed by atoms with Gasteiger partial charge in [0.1, 0.15) is 6.04 Å². The third-order valence-corrected chi connectivity index (χ3v) is 7.70. The Morgan fingerprint density at radius 3 is 2.23 bits per heavy atom. The van der Waals surface area contributed by atoms with Crippen LogP contribution in [-0.4, -0.2) is 73.3 Å². The number of likely N-dealkylation sites (N-methyl/N-ethyl adjacent to an activating group) is 2. The van der Waals surface area contributed by atoms with Gasteiger partial charge in [0, 0.05) is 20.6 Å². The minimum atomic E-state index is -0.595. The largest absolute Gasteiger partial charge is 0.454 e. The first-order chi connectivity index (χ1) is 14.3. The molecule has 5 rings (SSSR count). The molecular weight excluding hydrogens is 386 g/mol. The summed E-state index contributed by atoms with van der Waals surface area (Å²) in [5, 5.41) is 2.45. The zero-order valence-corrected chi connectivity index (χ0v) is 18.0. The lowest BCUT2D eigenvalue weighted by molar-refractivity contribution is -0.166. The van der Waals surface area contributed by atoms with Gasteiger partial charge in [-0.1, -0.05) is 0 Å². The molecule has 1 N–H and O–H groups in total. The average molecular weight is 420 g/mol. The third-order valence-electron chi connectivity index (χ3n) is 7.70. The molecule has 0 aromatic rings. The van der Waals surface area contributed by atoms with Crippen molar-refractivity contribution in [3.63, 3.8) is 0 Å². The minimum Gasteiger partial charge on any atom is -0.454 e. The molecule has 0 aromatic carbocycles. The Hall–Kier alpha value is -2.12. The van der Waals surface area contributed by atoms with Crippen molar-refractivity contribution in [2.75, 3.05) is 33.8 Å². The maximum atomic E-state index is 13.6. The van der Waals surface area contributed by atoms with E-state index in [1.807, 2.05) is 0 Å². The van der Waals surface area contributed by atoms with Crippen molar-refractivity contribution in [3.05, 3.63) is 0 Å². The van der Waals surface area contributed by atoms with Gasteiger partial charge in [0.05, 0.1) is 12.0 Å². The van der Waals surface area contributed by atoms with E-state index in [1.165, 1.54) is 38.3 Å². The first-order valence-corrected chi connectivity index (χ1v) is 11.2. The standard InChI is InChI=1S/C22H33N3O5/c1-23-18(26)12-24(2)19(27)13-30-20(28)17-4-3-5-25(17)21(29)22-9-14-6-15(10-22)8-16(7-14)11-22/h14-17H,3-13H2,1-2H3,(H,23,26)/t14?,15?,16?,17-,22?/m1/s1. The highest BCUT2D eigenvalue weighted by atomic mass is 16.5. The van der Waals surface area contributed by atoms with Gasteiger partial charge in [-0.2, -0.15) is 0 Å². The number of ether oxygens (including phenoxy) is 1. The smallest absolute Gasteiger partial charge is 0.329 e. The Balaban J connectivity index is 1.35. The number of carbonyl (C=O) groups excluding carboxylic acids is 4. The van der Waals surface area contributed by atoms with Crippen molar-refractivity contribution < 1.29 is 23.9 Å². The van der Waals surface area contributed by atoms with E-state index in [9.17, 15) is 19.2 Å². The molecule has 30 heavy (non-hydrogen) atoms. The SMILES string of the molecule is CNC(=O)CN(C)C(=O)COC(=O)[C@H]1CCCN1C(=O)C12CC3CC(CC(C3)C1)C2. The summed E-state index contributed by atoms with van der Waals surface area (Å²) in [6, 6.07) is -0.595. The van der Waals surface area contributed by atoms with Crippen LogP contribution in [0.4, 0.5) is 0 Å². The minimum absolute atomic E-state index is 0.0903. The molecule has 1 atom stereocenters. The molecule has 8 heteroatoms. The maximum absolute atomic E-state index is 13.6. The van der Waals surface area contributed by atoms with Crippen molar-refractivity contribution >= 4 is 23.7 Å². The van der Waals surface area contributed by atoms with Gasteiger partial charge in [-0.3, -0.25) is 14.4 Å². The number of amides is 3. The Bertz CT molecular complexity index is 701. The van der Waals surface area contributed by atoms with Crippen LogP contribution >= 0.6 is 0 Å². The molecule has 166 valence electrons. The van der Waals surface area contributed by atoms with Gasteiger partial charge in [-0.25, -0.2) is 4.79 Å². The van der Waals surface area contributed by atoms with Crippen LogP contribution in [-0.2, 0) is 23.9 Å². The summed E-state index contributed by atoms with van der Waals surface area (Å²) in [5.74, 6) is 0.908. The predicted molar refractivity (Wildman–Crippen MR) is 108 cm³/mol. The summed E-state index contributed by atoms with van der Waals surface area (Å²) < 4.78 is 5.27. The zero-order valence-electron chi connectivity index (χ0n) is 18.0. The van der Waals surface area contributed by atoms with Gasteiger partial charge in [0.15, 0.2) is 6.61 Å². The van der Waals surface area contributed by atoms with Crippen LogP contribution in [0.25, 0.3) is 0 Å². The second kappa shape index (κ2) is 8.19. The molecule has 0 spiro atoms. The molecule has 1 aliphatic heterocycles. The lowest BCUT2D eigenvalue weighted by atomic mass is 9.49. The van der Waals surface area contributed by atoms with Crippen LogP contribution in [0.2, 0.25) is 0 Å². The molecule has 4 bridgehead atoms. The summed E-state index contributed by atoms with van der Waals surface area (Å²) in [6.45, 7) is 0.0834. The summed E-state index contributed by atoms with van der Waals surface area (Å²) in [4.78, 5) is 52.8. The fourth-order valence-electron chi connectivity index (χ4n) is 6.65. The molecule has 0 radical (unpaired) electrons. The van der Waals surface area contributed by atoms with E-state index < -0.39 is 24.5 Å². The lowest BCUT2D eigenvalue weighted by Gasteiger charge is -2.56. The van der Waals surface area contributed by atoms with E-state index in [-0.39, 0.29) is 23.8 Å². The first-order valence-electron chi connectivity index (χ1n) is 11.2. The van der Waals surface area contributed by atoms with Crippen molar-refractivity contribution in [1.29, 1.82) is 0 Å². The number of nitrogens with zero attached hydrogens (tertiary/aromatic N) is 2. The van der Waals surface area contributed by atoms with E-state index in [0.29, 0.717) is 30.7 Å². The van der Waals surface area contributed by atoms with E-state index in [4.69, 9.17) is 4.74 Å². The number of carbonyl (C=O) groups is 4. The summed E-state index contributed by atoms with van der Waals surface area (Å²) in [7, 11) is 2.99. The van der Waals surface area contributed by atoms with E-state index in [2.05, 4.69) is 5.32 Å². The van der Waals surface area contributed by atoms with Crippen LogP contribution in [0.3, 0.4) is 0 Å². The summed E-state index contributed by atoms with van der Waals surface area (Å²) >= 11 is 0. The lowest BCUT2D eigenvalue weighted by Crippen LogP contribution is -2.56. The fourth-order valence-corrected chi connectivity index (χ4v) is 6.65. The fraction of sp³-hybridized carbons (Fsp3) is 0.818. The summed E-state index contributed by atoms with van der Waals surface area (Å²) in [6.07, 6.45) is 8.08. The molecule has 0 aromatic heterocycles. The van der Waals surface area contributed by atoms with Gasteiger partial charge in [0.25, 0.3) is 5.91 Å². The molecular formula is C22H33N3O5. The number of esters is 1. The molecule has 4 saturated carbocycles. The van der Waals surface area contributed by atoms with E-state index in [0.717, 1.165) is 25.7 Å². The Labute approximate surface area is 177 Å². The van der Waals surface area contributed by atoms with Crippen LogP contribution in [0, 0.1) is 23.2 Å². The van der Waals surface area contributed by atoms with Crippen LogP contribution < -0.4 is 5.32 Å². The second-order valence-corrected chi connectivity index (χ2v) is 9.89. The second-order valence-electron chi connectivity index (χ2n) is 9.89. The molecule has 1 saturated heterocycles. The normalized spacial score (nSPS) is 34.0. The van der Waals surface area contributed by atoms with Crippen molar-refractivity contribution in [3.8, 4) is 0 Å². The van der Waals surface area contributed by atoms with E-state index >= 15 is 0 Å². The number of hydrogen-bond acceptors (Lipinski definition) is 5. The Morgan fingerprint density at radius 1 is 1.07 bits per heavy atom. The highest BCUT2D eigenvalue weighted by molar-refractivity contribution is 5.90. The number of hydrogen-bond donors (Lipinski definition) is 1. The van der Waals surface area contributed by atoms with Gasteiger partial charge < -0.3 is 19.9 Å². The topological polar surface area (TPSA) is 96.0 Å². The monoisotopic (exact) mass is 419 g/mol. The zero-order chi connectivity index (χ0) is 21.5. The number of rotatable bonds is 6. The highest BCUT2D eigenvalue weighted by Crippen LogP contribution is 2.60. The molecule has 5 fully saturated rings. The van der Waals surface area contributed by atoms with Gasteiger partial charge in [-0.05, 0) is 69.1 Å². The molecule has 5 aliphatic rings. The van der Waals surface area contributed by atoms with Crippen LogP contribution in [0.15, 0.2) is 0 Å². The van der Waals surface area contributed by atoms with Gasteiger partial charge in [0.2, 0.25) is 11.8 Å². The molecule has 1 heterocycles. The number of nitrogens with one attached hydrogen (secondary N) is 1. The summed E-state index contributed by atoms with van der Waals surface area (Å²) in [5.41, 5.74) is -0.277. The molecule has 3 amide bonds. The van der Waals surface area contributed by atoms with Crippen LogP contribution in [0.1, 0.15) is 51.4 Å². The average Bonchev–Trinajstić information content (AvgIpc) is 3.19. The number of likely N-dealkylation sites (tertiary alicyclic amines) is 1. The highest BCUT2D eigenvalue weighted by Gasteiger charge is 2.57. The third kappa shape index (κ3) is 3.93. The Kier molecular flexibility index (Phi) is 5.77. The predicted octanol–water partition coefficient (Wildman–Crippen LogP) is 0.941. The van der Waals surface area contributed by atoms with Crippen molar-refractivity contribution in [2.45, 2.75) is 57.4 Å². The first kappa shape index (κ1) is 21.1. The van der Waals surface area contributed by atoms with Gasteiger partial charge >= 0.3 is 5.97 Å². The van der Waals surface area contributed by atoms with Gasteiger partial charge in [-0.15, -0.1) is 0 Å². The van der Waals surface area contributed by atoms with Crippen molar-refractivity contribution in [1.82, 2.24) is 15.1 Å². The molecule has 4 aliphatic carbocycles. The quantitative estimate of drug-likeness (QED) is 0.647. The molecule has 8 nitrogen and oxygen atoms in total. The van der Waals surface area contributed by atoms with Crippen LogP contribution in [0.5, 0.6) is 0 Å². The molecule has 0 unspecified atom stereocenters. The van der Waals surface area contributed by atoms with E-state index in [1.54, 1.807) is 4.90 Å². The Morgan fingerprint density at radius 2 is 1.67 bits per heavy atom. The van der Waals surface area contributed by atoms with Crippen molar-refractivity contribution in [2.24, 2.45) is 23.2 Å².